The van der Waals surface area contributed by atoms with Crippen LogP contribution in [0.4, 0.5) is 0 Å². The second kappa shape index (κ2) is 5.79. The summed E-state index contributed by atoms with van der Waals surface area (Å²) in [6, 6.07) is 7.83. The lowest BCUT2D eigenvalue weighted by atomic mass is 10.1. The highest BCUT2D eigenvalue weighted by Crippen LogP contribution is 2.18. The molecule has 0 radical (unpaired) electrons. The van der Waals surface area contributed by atoms with Crippen LogP contribution in [0.15, 0.2) is 35.9 Å². The fraction of sp³-hybridized carbons (Fsp3) is 0.333. The maximum absolute atomic E-state index is 5.89. The van der Waals surface area contributed by atoms with Gasteiger partial charge < -0.3 is 10.5 Å². The standard InChI is InChI=1S/C12H16ClNO/c1-3-12(14)10-4-6-11(7-5-10)15-8-9(2)13/h4-7,12H,2-3,8,14H2,1H3/t12-/m1/s1. The molecule has 0 saturated heterocycles. The van der Waals surface area contributed by atoms with Crippen molar-refractivity contribution in [2.45, 2.75) is 19.4 Å². The Morgan fingerprint density at radius 3 is 2.53 bits per heavy atom. The molecule has 0 spiro atoms. The quantitative estimate of drug-likeness (QED) is 0.835. The van der Waals surface area contributed by atoms with E-state index < -0.39 is 0 Å². The molecule has 0 aliphatic heterocycles. The summed E-state index contributed by atoms with van der Waals surface area (Å²) in [7, 11) is 0. The van der Waals surface area contributed by atoms with Crippen molar-refractivity contribution in [3.05, 3.63) is 41.4 Å². The van der Waals surface area contributed by atoms with Gasteiger partial charge in [-0.2, -0.15) is 0 Å². The molecule has 2 N–H and O–H groups in total. The Morgan fingerprint density at radius 2 is 2.07 bits per heavy atom. The zero-order valence-electron chi connectivity index (χ0n) is 8.87. The minimum Gasteiger partial charge on any atom is -0.488 e. The Morgan fingerprint density at radius 1 is 1.47 bits per heavy atom. The van der Waals surface area contributed by atoms with E-state index in [0.29, 0.717) is 11.6 Å². The number of benzene rings is 1. The summed E-state index contributed by atoms with van der Waals surface area (Å²) in [4.78, 5) is 0. The fourth-order valence-electron chi connectivity index (χ4n) is 1.21. The molecule has 0 amide bonds. The Hall–Kier alpha value is -0.990. The van der Waals surface area contributed by atoms with Gasteiger partial charge >= 0.3 is 0 Å². The average molecular weight is 226 g/mol. The molecule has 1 aromatic rings. The SMILES string of the molecule is C=C(Cl)COc1ccc([C@H](N)CC)cc1. The summed E-state index contributed by atoms with van der Waals surface area (Å²) in [5, 5.41) is 0.490. The van der Waals surface area contributed by atoms with Crippen molar-refractivity contribution in [3.8, 4) is 5.75 Å². The van der Waals surface area contributed by atoms with Gasteiger partial charge in [0.2, 0.25) is 0 Å². The van der Waals surface area contributed by atoms with Crippen LogP contribution in [0, 0.1) is 0 Å². The van der Waals surface area contributed by atoms with Crippen molar-refractivity contribution >= 4 is 11.6 Å². The molecule has 0 fully saturated rings. The minimum atomic E-state index is 0.0991. The largest absolute Gasteiger partial charge is 0.488 e. The molecule has 82 valence electrons. The summed E-state index contributed by atoms with van der Waals surface area (Å²) >= 11 is 5.59. The second-order valence-electron chi connectivity index (χ2n) is 3.39. The van der Waals surface area contributed by atoms with Crippen LogP contribution in [0.3, 0.4) is 0 Å². The summed E-state index contributed by atoms with van der Waals surface area (Å²) in [5.41, 5.74) is 7.01. The molecule has 3 heteroatoms. The third kappa shape index (κ3) is 3.94. The molecule has 0 aliphatic rings. The van der Waals surface area contributed by atoms with E-state index in [1.807, 2.05) is 24.3 Å². The first-order valence-electron chi connectivity index (χ1n) is 4.95. The second-order valence-corrected chi connectivity index (χ2v) is 3.92. The van der Waals surface area contributed by atoms with Crippen molar-refractivity contribution in [2.75, 3.05) is 6.61 Å². The van der Waals surface area contributed by atoms with Crippen LogP contribution in [-0.4, -0.2) is 6.61 Å². The van der Waals surface area contributed by atoms with Crippen LogP contribution in [0.1, 0.15) is 24.9 Å². The van der Waals surface area contributed by atoms with E-state index in [4.69, 9.17) is 22.1 Å². The van der Waals surface area contributed by atoms with Gasteiger partial charge in [0.1, 0.15) is 12.4 Å². The van der Waals surface area contributed by atoms with E-state index in [9.17, 15) is 0 Å². The van der Waals surface area contributed by atoms with Crippen molar-refractivity contribution in [1.82, 2.24) is 0 Å². The summed E-state index contributed by atoms with van der Waals surface area (Å²) in [6.07, 6.45) is 0.929. The van der Waals surface area contributed by atoms with Gasteiger partial charge in [-0.05, 0) is 24.1 Å². The van der Waals surface area contributed by atoms with Gasteiger partial charge in [-0.15, -0.1) is 0 Å². The van der Waals surface area contributed by atoms with E-state index in [0.717, 1.165) is 17.7 Å². The van der Waals surface area contributed by atoms with Crippen LogP contribution in [0.5, 0.6) is 5.75 Å². The number of hydrogen-bond acceptors (Lipinski definition) is 2. The van der Waals surface area contributed by atoms with Crippen LogP contribution in [-0.2, 0) is 0 Å². The van der Waals surface area contributed by atoms with Gasteiger partial charge in [0.25, 0.3) is 0 Å². The Kier molecular flexibility index (Phi) is 4.66. The summed E-state index contributed by atoms with van der Waals surface area (Å²) in [5.74, 6) is 0.781. The van der Waals surface area contributed by atoms with Gasteiger partial charge in [-0.3, -0.25) is 0 Å². The van der Waals surface area contributed by atoms with Gasteiger partial charge in [-0.25, -0.2) is 0 Å². The van der Waals surface area contributed by atoms with Gasteiger partial charge in [0.05, 0.1) is 0 Å². The van der Waals surface area contributed by atoms with E-state index in [1.165, 1.54) is 0 Å². The Bertz CT molecular complexity index is 321. The van der Waals surface area contributed by atoms with Crippen LogP contribution >= 0.6 is 11.6 Å². The fourth-order valence-corrected chi connectivity index (χ4v) is 1.26. The van der Waals surface area contributed by atoms with Crippen molar-refractivity contribution in [1.29, 1.82) is 0 Å². The molecular weight excluding hydrogens is 210 g/mol. The molecule has 15 heavy (non-hydrogen) atoms. The first-order valence-corrected chi connectivity index (χ1v) is 5.33. The number of halogens is 1. The molecule has 0 aromatic heterocycles. The normalized spacial score (nSPS) is 12.2. The maximum atomic E-state index is 5.89. The lowest BCUT2D eigenvalue weighted by Gasteiger charge is -2.10. The molecule has 1 aromatic carbocycles. The first-order chi connectivity index (χ1) is 7.13. The predicted octanol–water partition coefficient (Wildman–Crippen LogP) is 3.23. The number of hydrogen-bond donors (Lipinski definition) is 1. The summed E-state index contributed by atoms with van der Waals surface area (Å²) in [6.45, 7) is 5.95. The molecule has 0 bridgehead atoms. The Labute approximate surface area is 95.7 Å². The van der Waals surface area contributed by atoms with E-state index in [1.54, 1.807) is 0 Å². The van der Waals surface area contributed by atoms with Crippen molar-refractivity contribution < 1.29 is 4.74 Å². The zero-order valence-corrected chi connectivity index (χ0v) is 9.63. The highest BCUT2D eigenvalue weighted by molar-refractivity contribution is 6.29. The van der Waals surface area contributed by atoms with Crippen molar-refractivity contribution in [3.63, 3.8) is 0 Å². The third-order valence-corrected chi connectivity index (χ3v) is 2.25. The zero-order chi connectivity index (χ0) is 11.3. The average Bonchev–Trinajstić information content (AvgIpc) is 2.26. The highest BCUT2D eigenvalue weighted by Gasteiger charge is 2.02. The van der Waals surface area contributed by atoms with E-state index >= 15 is 0 Å². The molecule has 2 nitrogen and oxygen atoms in total. The van der Waals surface area contributed by atoms with Crippen LogP contribution in [0.2, 0.25) is 0 Å². The molecule has 0 unspecified atom stereocenters. The predicted molar refractivity (Wildman–Crippen MR) is 64.1 cm³/mol. The van der Waals surface area contributed by atoms with Crippen molar-refractivity contribution in [2.24, 2.45) is 5.73 Å². The number of rotatable bonds is 5. The smallest absolute Gasteiger partial charge is 0.123 e. The minimum absolute atomic E-state index is 0.0991. The van der Waals surface area contributed by atoms with E-state index in [-0.39, 0.29) is 6.04 Å². The molecule has 0 aliphatic carbocycles. The lowest BCUT2D eigenvalue weighted by Crippen LogP contribution is -2.08. The monoisotopic (exact) mass is 225 g/mol. The lowest BCUT2D eigenvalue weighted by molar-refractivity contribution is 0.359. The molecule has 0 heterocycles. The summed E-state index contributed by atoms with van der Waals surface area (Å²) < 4.78 is 5.36. The number of ether oxygens (including phenoxy) is 1. The van der Waals surface area contributed by atoms with Crippen LogP contribution < -0.4 is 10.5 Å². The van der Waals surface area contributed by atoms with Gasteiger partial charge in [0.15, 0.2) is 0 Å². The molecular formula is C12H16ClNO. The van der Waals surface area contributed by atoms with Gasteiger partial charge in [0, 0.05) is 11.1 Å². The van der Waals surface area contributed by atoms with Crippen LogP contribution in [0.25, 0.3) is 0 Å². The van der Waals surface area contributed by atoms with E-state index in [2.05, 4.69) is 13.5 Å². The highest BCUT2D eigenvalue weighted by atomic mass is 35.5. The maximum Gasteiger partial charge on any atom is 0.123 e. The molecule has 0 saturated carbocycles. The molecule has 1 atom stereocenters. The Balaban J connectivity index is 2.60. The number of nitrogens with two attached hydrogens (primary N) is 1. The van der Waals surface area contributed by atoms with Gasteiger partial charge in [-0.1, -0.05) is 37.2 Å². The first kappa shape index (κ1) is 12.1. The topological polar surface area (TPSA) is 35.2 Å². The molecule has 1 rings (SSSR count). The third-order valence-electron chi connectivity index (χ3n) is 2.14.